The molecule has 0 unspecified atom stereocenters. The average molecular weight is 455 g/mol. The van der Waals surface area contributed by atoms with Crippen molar-refractivity contribution in [3.8, 4) is 0 Å². The van der Waals surface area contributed by atoms with E-state index in [0.29, 0.717) is 27.7 Å². The molecule has 0 aliphatic rings. The summed E-state index contributed by atoms with van der Waals surface area (Å²) in [6.07, 6.45) is 0. The number of nitrogens with zero attached hydrogens (tertiary/aromatic N) is 2. The first-order valence-corrected chi connectivity index (χ1v) is 10.4. The number of urea groups is 1. The van der Waals surface area contributed by atoms with Gasteiger partial charge in [0.25, 0.3) is 5.56 Å². The van der Waals surface area contributed by atoms with Gasteiger partial charge in [0.1, 0.15) is 0 Å². The molecule has 1 aromatic heterocycles. The van der Waals surface area contributed by atoms with Crippen LogP contribution in [0.5, 0.6) is 0 Å². The van der Waals surface area contributed by atoms with Crippen LogP contribution in [0, 0.1) is 0 Å². The summed E-state index contributed by atoms with van der Waals surface area (Å²) < 4.78 is 3.50. The summed E-state index contributed by atoms with van der Waals surface area (Å²) in [6.45, 7) is 0.824. The average Bonchev–Trinajstić information content (AvgIpc) is 2.98. The van der Waals surface area contributed by atoms with Crippen molar-refractivity contribution in [1.29, 1.82) is 0 Å². The molecule has 0 spiro atoms. The van der Waals surface area contributed by atoms with E-state index in [9.17, 15) is 9.59 Å². The van der Waals surface area contributed by atoms with Gasteiger partial charge in [0, 0.05) is 29.3 Å². The molecule has 4 aromatic rings. The standard InChI is InChI=1S/C23H20Cl2N4O2/c1-28-22(30)19-12-18(9-10-21(19)29(28)14-15-5-3-2-4-6-15)27-23(31)26-13-16-7-8-17(24)11-20(16)25/h2-12H,13-14H2,1H3,(H2,26,27,31). The molecule has 3 aromatic carbocycles. The molecule has 6 nitrogen and oxygen atoms in total. The Labute approximate surface area is 189 Å². The van der Waals surface area contributed by atoms with Crippen molar-refractivity contribution in [2.45, 2.75) is 13.1 Å². The summed E-state index contributed by atoms with van der Waals surface area (Å²) in [5, 5.41) is 7.07. The van der Waals surface area contributed by atoms with E-state index in [1.807, 2.05) is 41.1 Å². The van der Waals surface area contributed by atoms with Crippen LogP contribution in [0.1, 0.15) is 11.1 Å². The topological polar surface area (TPSA) is 68.1 Å². The van der Waals surface area contributed by atoms with Gasteiger partial charge >= 0.3 is 6.03 Å². The monoisotopic (exact) mass is 454 g/mol. The smallest absolute Gasteiger partial charge is 0.319 e. The quantitative estimate of drug-likeness (QED) is 0.444. The lowest BCUT2D eigenvalue weighted by molar-refractivity contribution is 0.252. The largest absolute Gasteiger partial charge is 0.334 e. The zero-order chi connectivity index (χ0) is 22.0. The number of carbonyl (C=O) groups is 1. The number of carbonyl (C=O) groups excluding carboxylic acids is 1. The summed E-state index contributed by atoms with van der Waals surface area (Å²) in [4.78, 5) is 25.1. The summed E-state index contributed by atoms with van der Waals surface area (Å²) in [5.74, 6) is 0. The fourth-order valence-electron chi connectivity index (χ4n) is 3.42. The van der Waals surface area contributed by atoms with Crippen LogP contribution in [-0.4, -0.2) is 15.4 Å². The van der Waals surface area contributed by atoms with Crippen molar-refractivity contribution in [1.82, 2.24) is 14.7 Å². The van der Waals surface area contributed by atoms with Gasteiger partial charge in [-0.3, -0.25) is 14.2 Å². The molecule has 4 rings (SSSR count). The first kappa shape index (κ1) is 21.0. The summed E-state index contributed by atoms with van der Waals surface area (Å²) in [7, 11) is 1.74. The van der Waals surface area contributed by atoms with Crippen molar-refractivity contribution in [3.63, 3.8) is 0 Å². The number of fused-ring (bicyclic) bond motifs is 1. The van der Waals surface area contributed by atoms with E-state index in [2.05, 4.69) is 10.6 Å². The van der Waals surface area contributed by atoms with Crippen molar-refractivity contribution in [3.05, 3.63) is 98.3 Å². The SMILES string of the molecule is Cn1c(=O)c2cc(NC(=O)NCc3ccc(Cl)cc3Cl)ccc2n1Cc1ccccc1. The molecule has 0 radical (unpaired) electrons. The predicted octanol–water partition coefficient (Wildman–Crippen LogP) is 5.02. The third-order valence-electron chi connectivity index (χ3n) is 5.05. The molecule has 8 heteroatoms. The normalized spacial score (nSPS) is 10.9. The molecule has 158 valence electrons. The van der Waals surface area contributed by atoms with E-state index in [0.717, 1.165) is 16.6 Å². The second-order valence-electron chi connectivity index (χ2n) is 7.15. The zero-order valence-corrected chi connectivity index (χ0v) is 18.2. The summed E-state index contributed by atoms with van der Waals surface area (Å²) in [5.41, 5.74) is 3.06. The minimum atomic E-state index is -0.397. The number of nitrogens with one attached hydrogen (secondary N) is 2. The molecule has 0 saturated carbocycles. The fraction of sp³-hybridized carbons (Fsp3) is 0.130. The molecule has 0 bridgehead atoms. The molecule has 2 N–H and O–H groups in total. The first-order valence-electron chi connectivity index (χ1n) is 9.64. The van der Waals surface area contributed by atoms with E-state index < -0.39 is 6.03 Å². The maximum absolute atomic E-state index is 12.7. The number of aromatic nitrogens is 2. The number of amides is 2. The Bertz CT molecular complexity index is 1310. The van der Waals surface area contributed by atoms with Gasteiger partial charge in [-0.1, -0.05) is 59.6 Å². The number of rotatable bonds is 5. The second-order valence-corrected chi connectivity index (χ2v) is 7.99. The lowest BCUT2D eigenvalue weighted by Gasteiger charge is -2.10. The number of halogens is 2. The second kappa shape index (κ2) is 8.88. The highest BCUT2D eigenvalue weighted by molar-refractivity contribution is 6.35. The molecule has 1 heterocycles. The van der Waals surface area contributed by atoms with Crippen LogP contribution < -0.4 is 16.2 Å². The highest BCUT2D eigenvalue weighted by Gasteiger charge is 2.13. The summed E-state index contributed by atoms with van der Waals surface area (Å²) >= 11 is 12.0. The molecule has 0 atom stereocenters. The Morgan fingerprint density at radius 1 is 1.00 bits per heavy atom. The Balaban J connectivity index is 1.50. The number of hydrogen-bond acceptors (Lipinski definition) is 2. The zero-order valence-electron chi connectivity index (χ0n) is 16.7. The highest BCUT2D eigenvalue weighted by atomic mass is 35.5. The Morgan fingerprint density at radius 3 is 2.52 bits per heavy atom. The molecular formula is C23H20Cl2N4O2. The maximum Gasteiger partial charge on any atom is 0.319 e. The molecule has 31 heavy (non-hydrogen) atoms. The first-order chi connectivity index (χ1) is 14.9. The van der Waals surface area contributed by atoms with Crippen molar-refractivity contribution >= 4 is 45.8 Å². The van der Waals surface area contributed by atoms with Gasteiger partial charge < -0.3 is 10.6 Å². The van der Waals surface area contributed by atoms with Gasteiger partial charge in [-0.05, 0) is 41.5 Å². The highest BCUT2D eigenvalue weighted by Crippen LogP contribution is 2.21. The van der Waals surface area contributed by atoms with Crippen LogP contribution in [0.2, 0.25) is 10.0 Å². The predicted molar refractivity (Wildman–Crippen MR) is 125 cm³/mol. The molecule has 0 aliphatic heterocycles. The van der Waals surface area contributed by atoms with Gasteiger partial charge in [-0.15, -0.1) is 0 Å². The third-order valence-corrected chi connectivity index (χ3v) is 5.64. The van der Waals surface area contributed by atoms with Gasteiger partial charge in [-0.2, -0.15) is 0 Å². The lowest BCUT2D eigenvalue weighted by atomic mass is 10.2. The van der Waals surface area contributed by atoms with Crippen LogP contribution >= 0.6 is 23.2 Å². The molecule has 2 amide bonds. The van der Waals surface area contributed by atoms with E-state index >= 15 is 0 Å². The van der Waals surface area contributed by atoms with E-state index in [1.54, 1.807) is 42.1 Å². The Kier molecular flexibility index (Phi) is 6.02. The van der Waals surface area contributed by atoms with Crippen LogP contribution in [0.4, 0.5) is 10.5 Å². The molecule has 0 fully saturated rings. The van der Waals surface area contributed by atoms with Crippen molar-refractivity contribution < 1.29 is 4.79 Å². The van der Waals surface area contributed by atoms with Crippen LogP contribution in [-0.2, 0) is 20.1 Å². The van der Waals surface area contributed by atoms with Gasteiger partial charge in [0.2, 0.25) is 0 Å². The number of anilines is 1. The van der Waals surface area contributed by atoms with E-state index in [4.69, 9.17) is 23.2 Å². The lowest BCUT2D eigenvalue weighted by Crippen LogP contribution is -2.28. The van der Waals surface area contributed by atoms with Crippen LogP contribution in [0.15, 0.2) is 71.5 Å². The van der Waals surface area contributed by atoms with Gasteiger partial charge in [0.15, 0.2) is 0 Å². The third kappa shape index (κ3) is 4.60. The van der Waals surface area contributed by atoms with Crippen molar-refractivity contribution in [2.75, 3.05) is 5.32 Å². The Hall–Kier alpha value is -3.22. The minimum absolute atomic E-state index is 0.122. The molecule has 0 saturated heterocycles. The van der Waals surface area contributed by atoms with E-state index in [1.165, 1.54) is 0 Å². The van der Waals surface area contributed by atoms with Crippen LogP contribution in [0.25, 0.3) is 10.9 Å². The number of hydrogen-bond donors (Lipinski definition) is 2. The van der Waals surface area contributed by atoms with E-state index in [-0.39, 0.29) is 12.1 Å². The fourth-order valence-corrected chi connectivity index (χ4v) is 3.89. The van der Waals surface area contributed by atoms with Crippen molar-refractivity contribution in [2.24, 2.45) is 7.05 Å². The van der Waals surface area contributed by atoms with Gasteiger partial charge in [-0.25, -0.2) is 4.79 Å². The maximum atomic E-state index is 12.7. The molecule has 0 aliphatic carbocycles. The van der Waals surface area contributed by atoms with Crippen LogP contribution in [0.3, 0.4) is 0 Å². The van der Waals surface area contributed by atoms with Gasteiger partial charge in [0.05, 0.1) is 17.4 Å². The molecular weight excluding hydrogens is 435 g/mol. The minimum Gasteiger partial charge on any atom is -0.334 e. The summed E-state index contributed by atoms with van der Waals surface area (Å²) in [6, 6.07) is 19.9. The number of benzene rings is 3. The Morgan fingerprint density at radius 2 is 1.77 bits per heavy atom.